The van der Waals surface area contributed by atoms with Gasteiger partial charge in [-0.05, 0) is 55.0 Å². The Balaban J connectivity index is 1.52. The molecule has 1 atom stereocenters. The van der Waals surface area contributed by atoms with Gasteiger partial charge in [0.15, 0.2) is 0 Å². The summed E-state index contributed by atoms with van der Waals surface area (Å²) >= 11 is 1.59. The van der Waals surface area contributed by atoms with Crippen molar-refractivity contribution in [1.29, 1.82) is 0 Å². The second-order valence-electron chi connectivity index (χ2n) is 8.89. The largest absolute Gasteiger partial charge is 0.351 e. The fourth-order valence-corrected chi connectivity index (χ4v) is 5.70. The number of carbonyl (C=O) groups is 2. The van der Waals surface area contributed by atoms with Crippen LogP contribution in [0.5, 0.6) is 0 Å². The third-order valence-corrected chi connectivity index (χ3v) is 7.59. The van der Waals surface area contributed by atoms with Crippen LogP contribution < -0.4 is 5.32 Å². The molecule has 0 saturated heterocycles. The van der Waals surface area contributed by atoms with Gasteiger partial charge in [-0.15, -0.1) is 11.3 Å². The SMILES string of the molecule is C[C@]1(C(=O)NC2CCCCC2)Cn2c(cc3sccc32)C(=O)N1Cc1ccc(F)cc1. The maximum absolute atomic E-state index is 13.6. The number of amides is 2. The minimum atomic E-state index is -1.04. The van der Waals surface area contributed by atoms with E-state index in [0.717, 1.165) is 41.5 Å². The molecule has 3 aromatic rings. The van der Waals surface area contributed by atoms with Gasteiger partial charge in [-0.1, -0.05) is 31.4 Å². The standard InChI is InChI=1S/C24H26FN3O2S/c1-24(23(30)26-18-5-3-2-4-6-18)15-27-19-11-12-31-21(19)13-20(27)22(29)28(24)14-16-7-9-17(25)10-8-16/h7-13,18H,2-6,14-15H2,1H3,(H,26,30)/t24-/m1/s1. The van der Waals surface area contributed by atoms with Gasteiger partial charge in [-0.3, -0.25) is 9.59 Å². The lowest BCUT2D eigenvalue weighted by molar-refractivity contribution is -0.134. The maximum atomic E-state index is 13.6. The van der Waals surface area contributed by atoms with E-state index in [1.165, 1.54) is 18.6 Å². The number of hydrogen-bond acceptors (Lipinski definition) is 3. The lowest BCUT2D eigenvalue weighted by atomic mass is 9.91. The van der Waals surface area contributed by atoms with Gasteiger partial charge < -0.3 is 14.8 Å². The lowest BCUT2D eigenvalue weighted by Crippen LogP contribution is -2.64. The molecule has 0 spiro atoms. The van der Waals surface area contributed by atoms with Gasteiger partial charge in [-0.25, -0.2) is 4.39 Å². The zero-order chi connectivity index (χ0) is 21.6. The number of halogens is 1. The van der Waals surface area contributed by atoms with Gasteiger partial charge in [0.25, 0.3) is 5.91 Å². The van der Waals surface area contributed by atoms with Crippen LogP contribution in [0.3, 0.4) is 0 Å². The summed E-state index contributed by atoms with van der Waals surface area (Å²) in [7, 11) is 0. The highest BCUT2D eigenvalue weighted by atomic mass is 32.1. The van der Waals surface area contributed by atoms with Crippen molar-refractivity contribution in [2.75, 3.05) is 0 Å². The van der Waals surface area contributed by atoms with Crippen molar-refractivity contribution >= 4 is 33.4 Å². The Morgan fingerprint density at radius 3 is 2.68 bits per heavy atom. The maximum Gasteiger partial charge on any atom is 0.271 e. The second-order valence-corrected chi connectivity index (χ2v) is 9.83. The smallest absolute Gasteiger partial charge is 0.271 e. The minimum absolute atomic E-state index is 0.113. The molecule has 2 aromatic heterocycles. The van der Waals surface area contributed by atoms with E-state index in [-0.39, 0.29) is 30.2 Å². The number of aromatic nitrogens is 1. The number of hydrogen-bond donors (Lipinski definition) is 1. The molecule has 162 valence electrons. The van der Waals surface area contributed by atoms with Gasteiger partial charge in [0.2, 0.25) is 5.91 Å². The summed E-state index contributed by atoms with van der Waals surface area (Å²) in [5.74, 6) is -0.599. The zero-order valence-corrected chi connectivity index (χ0v) is 18.4. The van der Waals surface area contributed by atoms with Gasteiger partial charge in [0, 0.05) is 12.6 Å². The first kappa shape index (κ1) is 20.2. The summed E-state index contributed by atoms with van der Waals surface area (Å²) in [5.41, 5.74) is 1.36. The molecule has 0 radical (unpaired) electrons. The average molecular weight is 440 g/mol. The lowest BCUT2D eigenvalue weighted by Gasteiger charge is -2.45. The van der Waals surface area contributed by atoms with Gasteiger partial charge in [0.1, 0.15) is 17.1 Å². The summed E-state index contributed by atoms with van der Waals surface area (Å²) in [6.07, 6.45) is 5.42. The Morgan fingerprint density at radius 2 is 1.94 bits per heavy atom. The second kappa shape index (κ2) is 7.79. The number of rotatable bonds is 4. The van der Waals surface area contributed by atoms with E-state index < -0.39 is 5.54 Å². The molecule has 0 bridgehead atoms. The molecule has 1 aliphatic heterocycles. The summed E-state index contributed by atoms with van der Waals surface area (Å²) < 4.78 is 16.4. The molecule has 31 heavy (non-hydrogen) atoms. The molecule has 3 heterocycles. The highest BCUT2D eigenvalue weighted by Gasteiger charge is 2.48. The van der Waals surface area contributed by atoms with Crippen LogP contribution in [0.25, 0.3) is 10.2 Å². The molecule has 2 amide bonds. The summed E-state index contributed by atoms with van der Waals surface area (Å²) in [5, 5.41) is 5.24. The monoisotopic (exact) mass is 439 g/mol. The minimum Gasteiger partial charge on any atom is -0.351 e. The van der Waals surface area contributed by atoms with E-state index >= 15 is 0 Å². The summed E-state index contributed by atoms with van der Waals surface area (Å²) in [4.78, 5) is 28.9. The quantitative estimate of drug-likeness (QED) is 0.640. The third kappa shape index (κ3) is 3.55. The first-order valence-electron chi connectivity index (χ1n) is 10.9. The predicted octanol–water partition coefficient (Wildman–Crippen LogP) is 4.71. The molecule has 1 aliphatic carbocycles. The van der Waals surface area contributed by atoms with Crippen molar-refractivity contribution in [2.45, 2.75) is 63.7 Å². The van der Waals surface area contributed by atoms with E-state index in [1.807, 2.05) is 29.0 Å². The molecule has 1 fully saturated rings. The third-order valence-electron chi connectivity index (χ3n) is 6.73. The molecule has 1 saturated carbocycles. The van der Waals surface area contributed by atoms with Crippen molar-refractivity contribution in [3.05, 3.63) is 58.9 Å². The zero-order valence-electron chi connectivity index (χ0n) is 17.6. The van der Waals surface area contributed by atoms with Crippen LogP contribution in [-0.4, -0.2) is 32.9 Å². The van der Waals surface area contributed by atoms with Crippen molar-refractivity contribution in [2.24, 2.45) is 0 Å². The van der Waals surface area contributed by atoms with Crippen LogP contribution in [0.15, 0.2) is 41.8 Å². The van der Waals surface area contributed by atoms with Crippen LogP contribution in [0, 0.1) is 5.82 Å². The average Bonchev–Trinajstić information content (AvgIpc) is 3.36. The van der Waals surface area contributed by atoms with Gasteiger partial charge >= 0.3 is 0 Å². The molecule has 1 N–H and O–H groups in total. The molecule has 2 aliphatic rings. The molecule has 5 nitrogen and oxygen atoms in total. The van der Waals surface area contributed by atoms with Crippen LogP contribution in [0.2, 0.25) is 0 Å². The Kier molecular flexibility index (Phi) is 5.08. The molecular formula is C24H26FN3O2S. The van der Waals surface area contributed by atoms with Crippen LogP contribution in [0.4, 0.5) is 4.39 Å². The number of nitrogens with one attached hydrogen (secondary N) is 1. The normalized spacial score (nSPS) is 22.0. The molecular weight excluding hydrogens is 413 g/mol. The molecule has 7 heteroatoms. The van der Waals surface area contributed by atoms with Crippen molar-refractivity contribution in [3.63, 3.8) is 0 Å². The van der Waals surface area contributed by atoms with Crippen molar-refractivity contribution in [3.8, 4) is 0 Å². The van der Waals surface area contributed by atoms with Gasteiger partial charge in [0.05, 0.1) is 16.8 Å². The molecule has 0 unspecified atom stereocenters. The Morgan fingerprint density at radius 1 is 1.19 bits per heavy atom. The van der Waals surface area contributed by atoms with Crippen LogP contribution in [-0.2, 0) is 17.9 Å². The summed E-state index contributed by atoms with van der Waals surface area (Å²) in [6.45, 7) is 2.51. The molecule has 1 aromatic carbocycles. The number of nitrogens with zero attached hydrogens (tertiary/aromatic N) is 2. The number of fused-ring (bicyclic) bond motifs is 3. The van der Waals surface area contributed by atoms with E-state index in [0.29, 0.717) is 12.2 Å². The first-order chi connectivity index (χ1) is 15.0. The van der Waals surface area contributed by atoms with Crippen LogP contribution >= 0.6 is 11.3 Å². The van der Waals surface area contributed by atoms with Crippen molar-refractivity contribution in [1.82, 2.24) is 14.8 Å². The predicted molar refractivity (Wildman–Crippen MR) is 120 cm³/mol. The first-order valence-corrected chi connectivity index (χ1v) is 11.8. The van der Waals surface area contributed by atoms with Crippen molar-refractivity contribution < 1.29 is 14.0 Å². The number of carbonyl (C=O) groups excluding carboxylic acids is 2. The summed E-state index contributed by atoms with van der Waals surface area (Å²) in [6, 6.07) is 10.2. The molecule has 5 rings (SSSR count). The fourth-order valence-electron chi connectivity index (χ4n) is 4.88. The topological polar surface area (TPSA) is 54.3 Å². The highest BCUT2D eigenvalue weighted by molar-refractivity contribution is 7.17. The van der Waals surface area contributed by atoms with E-state index in [1.54, 1.807) is 28.4 Å². The highest BCUT2D eigenvalue weighted by Crippen LogP contribution is 2.35. The fraction of sp³-hybridized carbons (Fsp3) is 0.417. The van der Waals surface area contributed by atoms with E-state index in [2.05, 4.69) is 5.32 Å². The van der Waals surface area contributed by atoms with E-state index in [4.69, 9.17) is 0 Å². The number of thiophene rings is 1. The Hall–Kier alpha value is -2.67. The van der Waals surface area contributed by atoms with Crippen LogP contribution in [0.1, 0.15) is 55.1 Å². The van der Waals surface area contributed by atoms with Gasteiger partial charge in [-0.2, -0.15) is 0 Å². The number of benzene rings is 1. The Bertz CT molecular complexity index is 1130. The van der Waals surface area contributed by atoms with E-state index in [9.17, 15) is 14.0 Å². The Labute approximate surface area is 184 Å².